The number of carbonyl (C=O) groups is 1. The molecule has 1 atom stereocenters. The molecular weight excluding hydrogens is 366 g/mol. The van der Waals surface area contributed by atoms with E-state index in [-0.39, 0.29) is 5.56 Å². The molecular formula is C19H21N3O2S2. The van der Waals surface area contributed by atoms with Crippen LogP contribution in [0.5, 0.6) is 0 Å². The summed E-state index contributed by atoms with van der Waals surface area (Å²) in [6, 6.07) is 11.3. The van der Waals surface area contributed by atoms with Crippen LogP contribution in [-0.4, -0.2) is 15.5 Å². The van der Waals surface area contributed by atoms with E-state index in [1.807, 2.05) is 43.3 Å². The van der Waals surface area contributed by atoms with Gasteiger partial charge in [-0.25, -0.2) is 4.98 Å². The first-order valence-corrected chi connectivity index (χ1v) is 10.3. The van der Waals surface area contributed by atoms with E-state index < -0.39 is 11.2 Å². The van der Waals surface area contributed by atoms with Gasteiger partial charge in [0, 0.05) is 11.4 Å². The Kier molecular flexibility index (Phi) is 5.78. The van der Waals surface area contributed by atoms with E-state index in [1.54, 1.807) is 4.57 Å². The molecule has 0 aliphatic carbocycles. The fourth-order valence-corrected chi connectivity index (χ4v) is 4.84. The zero-order valence-electron chi connectivity index (χ0n) is 14.8. The van der Waals surface area contributed by atoms with Crippen LogP contribution in [0.4, 0.5) is 0 Å². The smallest absolute Gasteiger partial charge is 0.262 e. The fraction of sp³-hybridized carbons (Fsp3) is 0.316. The third-order valence-corrected chi connectivity index (χ3v) is 6.48. The third-order valence-electron chi connectivity index (χ3n) is 4.05. The molecule has 136 valence electrons. The molecule has 7 heteroatoms. The SMILES string of the molecule is CCCn1c(S[C@@H](C(N)=O)c2ccccc2)nc2sc(CC)cc2c1=O. The monoisotopic (exact) mass is 387 g/mol. The fourth-order valence-electron chi connectivity index (χ4n) is 2.76. The van der Waals surface area contributed by atoms with Gasteiger partial charge in [0.25, 0.3) is 5.56 Å². The largest absolute Gasteiger partial charge is 0.368 e. The maximum Gasteiger partial charge on any atom is 0.262 e. The Morgan fingerprint density at radius 3 is 2.65 bits per heavy atom. The van der Waals surface area contributed by atoms with Gasteiger partial charge in [-0.3, -0.25) is 14.2 Å². The first-order valence-electron chi connectivity index (χ1n) is 8.59. The predicted molar refractivity (Wildman–Crippen MR) is 108 cm³/mol. The number of nitrogens with zero attached hydrogens (tertiary/aromatic N) is 2. The summed E-state index contributed by atoms with van der Waals surface area (Å²) >= 11 is 2.78. The Morgan fingerprint density at radius 2 is 2.04 bits per heavy atom. The lowest BCUT2D eigenvalue weighted by atomic mass is 10.1. The van der Waals surface area contributed by atoms with Crippen molar-refractivity contribution >= 4 is 39.2 Å². The summed E-state index contributed by atoms with van der Waals surface area (Å²) in [4.78, 5) is 31.6. The zero-order valence-corrected chi connectivity index (χ0v) is 16.4. The van der Waals surface area contributed by atoms with Crippen molar-refractivity contribution in [1.82, 2.24) is 9.55 Å². The van der Waals surface area contributed by atoms with Gasteiger partial charge in [-0.1, -0.05) is 55.9 Å². The van der Waals surface area contributed by atoms with E-state index in [1.165, 1.54) is 23.1 Å². The first kappa shape index (κ1) is 18.7. The molecule has 0 saturated carbocycles. The molecule has 0 unspecified atom stereocenters. The number of thiophene rings is 1. The van der Waals surface area contributed by atoms with Crippen molar-refractivity contribution in [2.45, 2.75) is 43.6 Å². The molecule has 0 spiro atoms. The molecule has 2 N–H and O–H groups in total. The van der Waals surface area contributed by atoms with Gasteiger partial charge in [0.05, 0.1) is 5.39 Å². The van der Waals surface area contributed by atoms with Gasteiger partial charge in [-0.05, 0) is 24.5 Å². The van der Waals surface area contributed by atoms with Crippen molar-refractivity contribution in [2.75, 3.05) is 0 Å². The molecule has 2 aromatic heterocycles. The topological polar surface area (TPSA) is 78.0 Å². The zero-order chi connectivity index (χ0) is 18.7. The van der Waals surface area contributed by atoms with Crippen molar-refractivity contribution in [2.24, 2.45) is 5.73 Å². The summed E-state index contributed by atoms with van der Waals surface area (Å²) in [7, 11) is 0. The number of thioether (sulfide) groups is 1. The van der Waals surface area contributed by atoms with Crippen LogP contribution in [-0.2, 0) is 17.8 Å². The number of hydrogen-bond acceptors (Lipinski definition) is 5. The highest BCUT2D eigenvalue weighted by Crippen LogP contribution is 2.35. The van der Waals surface area contributed by atoms with Crippen molar-refractivity contribution < 1.29 is 4.79 Å². The minimum Gasteiger partial charge on any atom is -0.368 e. The Balaban J connectivity index is 2.11. The van der Waals surface area contributed by atoms with Crippen molar-refractivity contribution in [3.8, 4) is 0 Å². The molecule has 0 bridgehead atoms. The van der Waals surface area contributed by atoms with Crippen LogP contribution in [0, 0.1) is 0 Å². The third kappa shape index (κ3) is 3.68. The average molecular weight is 388 g/mol. The molecule has 0 aliphatic heterocycles. The molecule has 0 aliphatic rings. The number of nitrogens with two attached hydrogens (primary N) is 1. The first-order chi connectivity index (χ1) is 12.5. The summed E-state index contributed by atoms with van der Waals surface area (Å²) in [5.41, 5.74) is 6.40. The Hall–Kier alpha value is -2.12. The highest BCUT2D eigenvalue weighted by Gasteiger charge is 2.23. The Bertz CT molecular complexity index is 980. The summed E-state index contributed by atoms with van der Waals surface area (Å²) in [6.45, 7) is 4.63. The number of benzene rings is 1. The summed E-state index contributed by atoms with van der Waals surface area (Å²) < 4.78 is 1.66. The van der Waals surface area contributed by atoms with E-state index in [0.717, 1.165) is 28.1 Å². The highest BCUT2D eigenvalue weighted by molar-refractivity contribution is 8.00. The van der Waals surface area contributed by atoms with Crippen LogP contribution in [0.2, 0.25) is 0 Å². The lowest BCUT2D eigenvalue weighted by molar-refractivity contribution is -0.117. The number of fused-ring (bicyclic) bond motifs is 1. The van der Waals surface area contributed by atoms with E-state index in [0.29, 0.717) is 17.1 Å². The van der Waals surface area contributed by atoms with Gasteiger partial charge >= 0.3 is 0 Å². The molecule has 3 aromatic rings. The van der Waals surface area contributed by atoms with Crippen LogP contribution in [0.15, 0.2) is 46.3 Å². The molecule has 3 rings (SSSR count). The minimum absolute atomic E-state index is 0.0495. The Labute approximate surface area is 160 Å². The predicted octanol–water partition coefficient (Wildman–Crippen LogP) is 3.75. The maximum absolute atomic E-state index is 13.0. The molecule has 2 heterocycles. The van der Waals surface area contributed by atoms with Gasteiger partial charge in [0.15, 0.2) is 5.16 Å². The van der Waals surface area contributed by atoms with Crippen molar-refractivity contribution in [3.05, 3.63) is 57.2 Å². The van der Waals surface area contributed by atoms with Crippen molar-refractivity contribution in [3.63, 3.8) is 0 Å². The normalized spacial score (nSPS) is 12.4. The molecule has 0 saturated heterocycles. The second-order valence-electron chi connectivity index (χ2n) is 5.95. The van der Waals surface area contributed by atoms with E-state index in [9.17, 15) is 9.59 Å². The summed E-state index contributed by atoms with van der Waals surface area (Å²) in [5.74, 6) is -0.445. The molecule has 0 radical (unpaired) electrons. The standard InChI is InChI=1S/C19H21N3O2S2/c1-3-10-22-18(24)14-11-13(4-2)25-17(14)21-19(22)26-15(16(20)23)12-8-6-5-7-9-12/h5-9,11,15H,3-4,10H2,1-2H3,(H2,20,23)/t15-/m1/s1. The van der Waals surface area contributed by atoms with E-state index >= 15 is 0 Å². The van der Waals surface area contributed by atoms with E-state index in [4.69, 9.17) is 10.7 Å². The number of primary amides is 1. The van der Waals surface area contributed by atoms with Gasteiger partial charge in [0.2, 0.25) is 5.91 Å². The number of aromatic nitrogens is 2. The Morgan fingerprint density at radius 1 is 1.31 bits per heavy atom. The maximum atomic E-state index is 13.0. The van der Waals surface area contributed by atoms with Gasteiger partial charge in [0.1, 0.15) is 10.1 Å². The van der Waals surface area contributed by atoms with E-state index in [2.05, 4.69) is 6.92 Å². The number of aryl methyl sites for hydroxylation is 1. The second kappa shape index (κ2) is 8.05. The van der Waals surface area contributed by atoms with Crippen LogP contribution in [0.1, 0.15) is 36.0 Å². The number of hydrogen-bond donors (Lipinski definition) is 1. The number of carbonyl (C=O) groups excluding carboxylic acids is 1. The highest BCUT2D eigenvalue weighted by atomic mass is 32.2. The summed E-state index contributed by atoms with van der Waals surface area (Å²) in [6.07, 6.45) is 1.67. The summed E-state index contributed by atoms with van der Waals surface area (Å²) in [5, 5.41) is 0.607. The van der Waals surface area contributed by atoms with Crippen LogP contribution < -0.4 is 11.3 Å². The van der Waals surface area contributed by atoms with Gasteiger partial charge in [-0.15, -0.1) is 11.3 Å². The molecule has 1 aromatic carbocycles. The lowest BCUT2D eigenvalue weighted by Crippen LogP contribution is -2.25. The average Bonchev–Trinajstić information content (AvgIpc) is 3.06. The minimum atomic E-state index is -0.589. The molecule has 26 heavy (non-hydrogen) atoms. The van der Waals surface area contributed by atoms with Gasteiger partial charge < -0.3 is 5.73 Å². The van der Waals surface area contributed by atoms with Crippen molar-refractivity contribution in [1.29, 1.82) is 0 Å². The number of amides is 1. The lowest BCUT2D eigenvalue weighted by Gasteiger charge is -2.16. The molecule has 5 nitrogen and oxygen atoms in total. The number of rotatable bonds is 7. The molecule has 0 fully saturated rings. The quantitative estimate of drug-likeness (QED) is 0.495. The van der Waals surface area contributed by atoms with Gasteiger partial charge in [-0.2, -0.15) is 0 Å². The van der Waals surface area contributed by atoms with Crippen LogP contribution in [0.3, 0.4) is 0 Å². The second-order valence-corrected chi connectivity index (χ2v) is 8.13. The van der Waals surface area contributed by atoms with Crippen LogP contribution in [0.25, 0.3) is 10.2 Å². The van der Waals surface area contributed by atoms with Crippen LogP contribution >= 0.6 is 23.1 Å². The molecule has 1 amide bonds.